The second-order valence-corrected chi connectivity index (χ2v) is 11.4. The number of carbonyl (C=O) groups is 2. The molecule has 0 N–H and O–H groups in total. The molecule has 0 saturated carbocycles. The van der Waals surface area contributed by atoms with E-state index in [0.29, 0.717) is 37.3 Å². The van der Waals surface area contributed by atoms with Gasteiger partial charge >= 0.3 is 5.97 Å². The number of piperazine rings is 1. The predicted octanol–water partition coefficient (Wildman–Crippen LogP) is 2.57. The SMILES string of the molecule is CCOC(=O)c1c(S(=O)(=O)N2CCC(C(=O)N3CCN(c4ccccc4)CC3)CC2)c(C)n(C)c1C. The largest absolute Gasteiger partial charge is 0.462 e. The summed E-state index contributed by atoms with van der Waals surface area (Å²) in [7, 11) is -2.18. The summed E-state index contributed by atoms with van der Waals surface area (Å²) in [4.78, 5) is 30.1. The molecule has 2 aliphatic rings. The fourth-order valence-corrected chi connectivity index (χ4v) is 7.18. The Labute approximate surface area is 213 Å². The molecule has 4 rings (SSSR count). The van der Waals surface area contributed by atoms with Gasteiger partial charge in [-0.3, -0.25) is 4.79 Å². The Kier molecular flexibility index (Phi) is 7.75. The Balaban J connectivity index is 1.41. The lowest BCUT2D eigenvalue weighted by molar-refractivity contribution is -0.137. The zero-order valence-electron chi connectivity index (χ0n) is 21.6. The Morgan fingerprint density at radius 1 is 0.944 bits per heavy atom. The number of anilines is 1. The lowest BCUT2D eigenvalue weighted by Crippen LogP contribution is -2.52. The van der Waals surface area contributed by atoms with Gasteiger partial charge in [0.2, 0.25) is 15.9 Å². The zero-order chi connectivity index (χ0) is 26.0. The molecule has 0 unspecified atom stereocenters. The summed E-state index contributed by atoms with van der Waals surface area (Å²) in [5.41, 5.74) is 2.33. The Morgan fingerprint density at radius 2 is 1.56 bits per heavy atom. The molecule has 0 bridgehead atoms. The summed E-state index contributed by atoms with van der Waals surface area (Å²) in [6.07, 6.45) is 0.938. The number of para-hydroxylation sites is 1. The number of nitrogens with zero attached hydrogens (tertiary/aromatic N) is 4. The van der Waals surface area contributed by atoms with Crippen LogP contribution in [-0.2, 0) is 26.6 Å². The molecule has 1 aromatic carbocycles. The quantitative estimate of drug-likeness (QED) is 0.548. The Bertz CT molecular complexity index is 1210. The van der Waals surface area contributed by atoms with Crippen LogP contribution < -0.4 is 4.90 Å². The van der Waals surface area contributed by atoms with E-state index < -0.39 is 16.0 Å². The summed E-state index contributed by atoms with van der Waals surface area (Å²) in [5, 5.41) is 0. The standard InChI is InChI=1S/C26H36N4O5S/c1-5-35-26(32)23-19(2)27(4)20(3)24(23)36(33,34)30-13-11-21(12-14-30)25(31)29-17-15-28(16-18-29)22-9-7-6-8-10-22/h6-10,21H,5,11-18H2,1-4H3. The highest BCUT2D eigenvalue weighted by Gasteiger charge is 2.39. The van der Waals surface area contributed by atoms with Gasteiger partial charge in [-0.1, -0.05) is 18.2 Å². The van der Waals surface area contributed by atoms with E-state index in [1.807, 2.05) is 23.1 Å². The number of hydrogen-bond donors (Lipinski definition) is 0. The van der Waals surface area contributed by atoms with Gasteiger partial charge in [0.05, 0.1) is 6.61 Å². The molecule has 196 valence electrons. The van der Waals surface area contributed by atoms with E-state index in [0.717, 1.165) is 18.8 Å². The first kappa shape index (κ1) is 26.2. The molecule has 0 radical (unpaired) electrons. The maximum absolute atomic E-state index is 13.7. The van der Waals surface area contributed by atoms with E-state index >= 15 is 0 Å². The van der Waals surface area contributed by atoms with E-state index in [1.54, 1.807) is 32.4 Å². The molecular formula is C26H36N4O5S. The van der Waals surface area contributed by atoms with Gasteiger partial charge in [-0.15, -0.1) is 0 Å². The summed E-state index contributed by atoms with van der Waals surface area (Å²) in [5.74, 6) is -0.710. The van der Waals surface area contributed by atoms with Crippen LogP contribution in [0.25, 0.3) is 0 Å². The minimum absolute atomic E-state index is 0.0164. The van der Waals surface area contributed by atoms with E-state index in [9.17, 15) is 18.0 Å². The van der Waals surface area contributed by atoms with E-state index in [1.165, 1.54) is 4.31 Å². The average molecular weight is 517 g/mol. The lowest BCUT2D eigenvalue weighted by atomic mass is 9.96. The molecule has 36 heavy (non-hydrogen) atoms. The van der Waals surface area contributed by atoms with Crippen LogP contribution >= 0.6 is 0 Å². The molecule has 1 amide bonds. The summed E-state index contributed by atoms with van der Waals surface area (Å²) < 4.78 is 35.6. The third-order valence-corrected chi connectivity index (χ3v) is 9.58. The second-order valence-electron chi connectivity index (χ2n) is 9.48. The molecule has 0 spiro atoms. The molecule has 2 aromatic rings. The fourth-order valence-electron chi connectivity index (χ4n) is 5.23. The minimum Gasteiger partial charge on any atom is -0.462 e. The van der Waals surface area contributed by atoms with Crippen molar-refractivity contribution < 1.29 is 22.7 Å². The van der Waals surface area contributed by atoms with Gasteiger partial charge in [-0.25, -0.2) is 13.2 Å². The van der Waals surface area contributed by atoms with Crippen LogP contribution in [-0.4, -0.2) is 79.9 Å². The van der Waals surface area contributed by atoms with Crippen molar-refractivity contribution in [3.05, 3.63) is 47.3 Å². The topological polar surface area (TPSA) is 92.2 Å². The van der Waals surface area contributed by atoms with Crippen LogP contribution in [0.3, 0.4) is 0 Å². The van der Waals surface area contributed by atoms with Crippen LogP contribution in [0.1, 0.15) is 41.5 Å². The third-order valence-electron chi connectivity index (χ3n) is 7.52. The first-order chi connectivity index (χ1) is 17.2. The average Bonchev–Trinajstić information content (AvgIpc) is 3.13. The van der Waals surface area contributed by atoms with Gasteiger partial charge in [0.15, 0.2) is 0 Å². The highest BCUT2D eigenvalue weighted by atomic mass is 32.2. The number of esters is 1. The normalized spacial score (nSPS) is 17.9. The monoisotopic (exact) mass is 516 g/mol. The maximum Gasteiger partial charge on any atom is 0.341 e. The lowest BCUT2D eigenvalue weighted by Gasteiger charge is -2.39. The number of piperidine rings is 1. The van der Waals surface area contributed by atoms with Crippen LogP contribution in [0, 0.1) is 19.8 Å². The molecule has 2 aliphatic heterocycles. The molecule has 9 nitrogen and oxygen atoms in total. The van der Waals surface area contributed by atoms with Gasteiger partial charge in [0, 0.05) is 69.3 Å². The molecule has 10 heteroatoms. The van der Waals surface area contributed by atoms with Gasteiger partial charge in [0.1, 0.15) is 10.5 Å². The fraction of sp³-hybridized carbons (Fsp3) is 0.538. The van der Waals surface area contributed by atoms with Crippen LogP contribution in [0.15, 0.2) is 35.2 Å². The highest BCUT2D eigenvalue weighted by molar-refractivity contribution is 7.89. The molecule has 0 aliphatic carbocycles. The number of carbonyl (C=O) groups excluding carboxylic acids is 2. The van der Waals surface area contributed by atoms with Crippen molar-refractivity contribution in [2.45, 2.75) is 38.5 Å². The predicted molar refractivity (Wildman–Crippen MR) is 138 cm³/mol. The second kappa shape index (κ2) is 10.6. The molecular weight excluding hydrogens is 480 g/mol. The zero-order valence-corrected chi connectivity index (χ0v) is 22.4. The number of ether oxygens (including phenoxy) is 1. The third kappa shape index (κ3) is 4.88. The molecule has 0 atom stereocenters. The summed E-state index contributed by atoms with van der Waals surface area (Å²) >= 11 is 0. The molecule has 3 heterocycles. The molecule has 2 fully saturated rings. The van der Waals surface area contributed by atoms with E-state index in [4.69, 9.17) is 4.74 Å². The minimum atomic E-state index is -3.92. The van der Waals surface area contributed by atoms with Gasteiger partial charge in [0.25, 0.3) is 0 Å². The highest BCUT2D eigenvalue weighted by Crippen LogP contribution is 2.32. The molecule has 1 aromatic heterocycles. The number of sulfonamides is 1. The van der Waals surface area contributed by atoms with Crippen molar-refractivity contribution in [2.24, 2.45) is 13.0 Å². The van der Waals surface area contributed by atoms with Gasteiger partial charge in [-0.2, -0.15) is 4.31 Å². The first-order valence-electron chi connectivity index (χ1n) is 12.6. The van der Waals surface area contributed by atoms with Crippen LogP contribution in [0.5, 0.6) is 0 Å². The van der Waals surface area contributed by atoms with Crippen molar-refractivity contribution in [3.63, 3.8) is 0 Å². The maximum atomic E-state index is 13.7. The van der Waals surface area contributed by atoms with Gasteiger partial charge < -0.3 is 19.1 Å². The number of benzene rings is 1. The van der Waals surface area contributed by atoms with Crippen molar-refractivity contribution in [1.29, 1.82) is 0 Å². The van der Waals surface area contributed by atoms with Crippen molar-refractivity contribution >= 4 is 27.6 Å². The Hall–Kier alpha value is -2.85. The number of aromatic nitrogens is 1. The van der Waals surface area contributed by atoms with Crippen LogP contribution in [0.4, 0.5) is 5.69 Å². The molecule has 2 saturated heterocycles. The number of rotatable bonds is 6. The first-order valence-corrected chi connectivity index (χ1v) is 14.0. The van der Waals surface area contributed by atoms with Crippen molar-refractivity contribution in [1.82, 2.24) is 13.8 Å². The Morgan fingerprint density at radius 3 is 2.14 bits per heavy atom. The number of hydrogen-bond acceptors (Lipinski definition) is 6. The van der Waals surface area contributed by atoms with E-state index in [-0.39, 0.29) is 42.0 Å². The van der Waals surface area contributed by atoms with Crippen LogP contribution in [0.2, 0.25) is 0 Å². The summed E-state index contributed by atoms with van der Waals surface area (Å²) in [6, 6.07) is 10.2. The summed E-state index contributed by atoms with van der Waals surface area (Å²) in [6.45, 7) is 8.68. The van der Waals surface area contributed by atoms with Gasteiger partial charge in [-0.05, 0) is 45.7 Å². The smallest absolute Gasteiger partial charge is 0.341 e. The van der Waals surface area contributed by atoms with Crippen molar-refractivity contribution in [3.8, 4) is 0 Å². The number of amides is 1. The van der Waals surface area contributed by atoms with E-state index in [2.05, 4.69) is 17.0 Å². The van der Waals surface area contributed by atoms with Crippen molar-refractivity contribution in [2.75, 3.05) is 50.8 Å².